The third-order valence-electron chi connectivity index (χ3n) is 2.04. The summed E-state index contributed by atoms with van der Waals surface area (Å²) in [6, 6.07) is 1.82. The topological polar surface area (TPSA) is 57.6 Å². The van der Waals surface area contributed by atoms with Crippen molar-refractivity contribution in [1.82, 2.24) is 4.90 Å². The Morgan fingerprint density at radius 1 is 1.56 bits per heavy atom. The molecule has 0 bridgehead atoms. The molecule has 4 nitrogen and oxygen atoms in total. The first-order chi connectivity index (χ1) is 7.52. The van der Waals surface area contributed by atoms with Crippen LogP contribution in [0.2, 0.25) is 0 Å². The highest BCUT2D eigenvalue weighted by Crippen LogP contribution is 2.23. The summed E-state index contributed by atoms with van der Waals surface area (Å²) in [5.41, 5.74) is 0. The van der Waals surface area contributed by atoms with E-state index in [9.17, 15) is 9.59 Å². The van der Waals surface area contributed by atoms with Crippen LogP contribution in [-0.4, -0.2) is 35.5 Å². The Labute approximate surface area is 106 Å². The van der Waals surface area contributed by atoms with Gasteiger partial charge in [-0.3, -0.25) is 9.59 Å². The van der Waals surface area contributed by atoms with Gasteiger partial charge in [-0.05, 0) is 33.8 Å². The maximum Gasteiger partial charge on any atom is 0.303 e. The van der Waals surface area contributed by atoms with E-state index in [0.29, 0.717) is 17.8 Å². The zero-order valence-electron chi connectivity index (χ0n) is 8.77. The number of thiophene rings is 1. The fourth-order valence-electron chi connectivity index (χ4n) is 1.19. The molecule has 1 amide bonds. The molecule has 0 saturated heterocycles. The Hall–Kier alpha value is -0.880. The van der Waals surface area contributed by atoms with Gasteiger partial charge in [0.25, 0.3) is 5.91 Å². The fourth-order valence-corrected chi connectivity index (χ4v) is 2.72. The lowest BCUT2D eigenvalue weighted by Gasteiger charge is -2.15. The number of carbonyl (C=O) groups excluding carboxylic acids is 1. The van der Waals surface area contributed by atoms with E-state index in [2.05, 4.69) is 15.9 Å². The summed E-state index contributed by atoms with van der Waals surface area (Å²) in [6.07, 6.45) is 0.559. The van der Waals surface area contributed by atoms with Crippen LogP contribution in [0.25, 0.3) is 0 Å². The van der Waals surface area contributed by atoms with Gasteiger partial charge in [0.05, 0.1) is 0 Å². The summed E-state index contributed by atoms with van der Waals surface area (Å²) in [5.74, 6) is -0.912. The average molecular weight is 306 g/mol. The maximum absolute atomic E-state index is 11.9. The molecule has 6 heteroatoms. The van der Waals surface area contributed by atoms with Gasteiger partial charge in [0.1, 0.15) is 4.88 Å². The molecule has 0 aliphatic carbocycles. The van der Waals surface area contributed by atoms with E-state index in [0.717, 1.165) is 4.47 Å². The summed E-state index contributed by atoms with van der Waals surface area (Å²) >= 11 is 4.67. The molecule has 88 valence electrons. The molecule has 16 heavy (non-hydrogen) atoms. The first kappa shape index (κ1) is 13.2. The molecular formula is C10H12BrNO3S. The molecule has 0 aliphatic rings. The molecule has 1 N–H and O–H groups in total. The van der Waals surface area contributed by atoms with Crippen LogP contribution in [0.4, 0.5) is 0 Å². The third kappa shape index (κ3) is 3.61. The maximum atomic E-state index is 11.9. The molecule has 0 unspecified atom stereocenters. The summed E-state index contributed by atoms with van der Waals surface area (Å²) in [5, 5.41) is 10.3. The monoisotopic (exact) mass is 305 g/mol. The van der Waals surface area contributed by atoms with Crippen LogP contribution >= 0.6 is 27.3 Å². The minimum Gasteiger partial charge on any atom is -0.481 e. The van der Waals surface area contributed by atoms with Gasteiger partial charge in [0.2, 0.25) is 0 Å². The molecule has 0 atom stereocenters. The Bertz CT molecular complexity index is 391. The molecule has 0 aliphatic heterocycles. The van der Waals surface area contributed by atoms with Crippen LogP contribution in [0, 0.1) is 0 Å². The predicted octanol–water partition coefficient (Wildman–Crippen LogP) is 2.45. The highest BCUT2D eigenvalue weighted by atomic mass is 79.9. The van der Waals surface area contributed by atoms with E-state index < -0.39 is 5.97 Å². The van der Waals surface area contributed by atoms with Gasteiger partial charge in [-0.1, -0.05) is 0 Å². The van der Waals surface area contributed by atoms with Gasteiger partial charge in [0, 0.05) is 24.5 Å². The SMILES string of the molecule is CN(CCCC(=O)O)C(=O)c1sccc1Br. The van der Waals surface area contributed by atoms with Crippen LogP contribution in [-0.2, 0) is 4.79 Å². The normalized spacial score (nSPS) is 10.1. The van der Waals surface area contributed by atoms with Crippen molar-refractivity contribution in [3.8, 4) is 0 Å². The van der Waals surface area contributed by atoms with Gasteiger partial charge in [-0.2, -0.15) is 0 Å². The summed E-state index contributed by atoms with van der Waals surface area (Å²) in [6.45, 7) is 0.454. The van der Waals surface area contributed by atoms with Gasteiger partial charge in [-0.25, -0.2) is 0 Å². The number of hydrogen-bond acceptors (Lipinski definition) is 3. The van der Waals surface area contributed by atoms with E-state index in [-0.39, 0.29) is 12.3 Å². The average Bonchev–Trinajstić information content (AvgIpc) is 2.62. The highest BCUT2D eigenvalue weighted by molar-refractivity contribution is 9.10. The van der Waals surface area contributed by atoms with Crippen molar-refractivity contribution in [2.45, 2.75) is 12.8 Å². The second-order valence-electron chi connectivity index (χ2n) is 3.32. The lowest BCUT2D eigenvalue weighted by Crippen LogP contribution is -2.27. The van der Waals surface area contributed by atoms with E-state index >= 15 is 0 Å². The third-order valence-corrected chi connectivity index (χ3v) is 3.87. The lowest BCUT2D eigenvalue weighted by atomic mass is 10.3. The van der Waals surface area contributed by atoms with Crippen molar-refractivity contribution in [1.29, 1.82) is 0 Å². The number of amides is 1. The van der Waals surface area contributed by atoms with Crippen LogP contribution in [0.15, 0.2) is 15.9 Å². The number of carbonyl (C=O) groups is 2. The Morgan fingerprint density at radius 2 is 2.25 bits per heavy atom. The van der Waals surface area contributed by atoms with Crippen LogP contribution in [0.1, 0.15) is 22.5 Å². The van der Waals surface area contributed by atoms with Crippen molar-refractivity contribution in [3.05, 3.63) is 20.8 Å². The standard InChI is InChI=1S/C10H12BrNO3S/c1-12(5-2-3-8(13)14)10(15)9-7(11)4-6-16-9/h4,6H,2-3,5H2,1H3,(H,13,14). The zero-order valence-corrected chi connectivity index (χ0v) is 11.2. The summed E-state index contributed by atoms with van der Waals surface area (Å²) in [4.78, 5) is 24.4. The van der Waals surface area contributed by atoms with Gasteiger partial charge in [-0.15, -0.1) is 11.3 Å². The second kappa shape index (κ2) is 6.00. The summed E-state index contributed by atoms with van der Waals surface area (Å²) in [7, 11) is 1.68. The molecule has 1 heterocycles. The van der Waals surface area contributed by atoms with Crippen molar-refractivity contribution in [2.75, 3.05) is 13.6 Å². The molecule has 0 aromatic carbocycles. The number of hydrogen-bond donors (Lipinski definition) is 1. The largest absolute Gasteiger partial charge is 0.481 e. The summed E-state index contributed by atoms with van der Waals surface area (Å²) < 4.78 is 0.785. The van der Waals surface area contributed by atoms with Crippen molar-refractivity contribution < 1.29 is 14.7 Å². The molecule has 1 aromatic rings. The minimum atomic E-state index is -0.835. The quantitative estimate of drug-likeness (QED) is 0.909. The second-order valence-corrected chi connectivity index (χ2v) is 5.09. The number of halogens is 1. The molecule has 0 spiro atoms. The van der Waals surface area contributed by atoms with Gasteiger partial charge < -0.3 is 10.0 Å². The van der Waals surface area contributed by atoms with Crippen molar-refractivity contribution in [3.63, 3.8) is 0 Å². The smallest absolute Gasteiger partial charge is 0.303 e. The Balaban J connectivity index is 2.49. The molecule has 1 aromatic heterocycles. The molecular weight excluding hydrogens is 294 g/mol. The van der Waals surface area contributed by atoms with Gasteiger partial charge in [0.15, 0.2) is 0 Å². The van der Waals surface area contributed by atoms with Crippen molar-refractivity contribution >= 4 is 39.1 Å². The zero-order chi connectivity index (χ0) is 12.1. The fraction of sp³-hybridized carbons (Fsp3) is 0.400. The number of carboxylic acids is 1. The number of carboxylic acid groups (broad SMARTS) is 1. The molecule has 0 radical (unpaired) electrons. The Kier molecular flexibility index (Phi) is 4.95. The number of rotatable bonds is 5. The highest BCUT2D eigenvalue weighted by Gasteiger charge is 2.15. The molecule has 1 rings (SSSR count). The first-order valence-corrected chi connectivity index (χ1v) is 6.40. The minimum absolute atomic E-state index is 0.0766. The Morgan fingerprint density at radius 3 is 2.75 bits per heavy atom. The molecule has 0 saturated carbocycles. The van der Waals surface area contributed by atoms with E-state index in [1.807, 2.05) is 11.4 Å². The van der Waals surface area contributed by atoms with Crippen molar-refractivity contribution in [2.24, 2.45) is 0 Å². The van der Waals surface area contributed by atoms with E-state index in [1.54, 1.807) is 11.9 Å². The van der Waals surface area contributed by atoms with E-state index in [4.69, 9.17) is 5.11 Å². The first-order valence-electron chi connectivity index (χ1n) is 4.72. The number of nitrogens with zero attached hydrogens (tertiary/aromatic N) is 1. The van der Waals surface area contributed by atoms with E-state index in [1.165, 1.54) is 11.3 Å². The van der Waals surface area contributed by atoms with Crippen LogP contribution in [0.3, 0.4) is 0 Å². The lowest BCUT2D eigenvalue weighted by molar-refractivity contribution is -0.137. The predicted molar refractivity (Wildman–Crippen MR) is 65.8 cm³/mol. The molecule has 0 fully saturated rings. The van der Waals surface area contributed by atoms with Gasteiger partial charge >= 0.3 is 5.97 Å². The number of aliphatic carboxylic acids is 1. The van der Waals surface area contributed by atoms with Crippen LogP contribution < -0.4 is 0 Å². The van der Waals surface area contributed by atoms with Crippen LogP contribution in [0.5, 0.6) is 0 Å².